The van der Waals surface area contributed by atoms with Gasteiger partial charge in [0.15, 0.2) is 0 Å². The van der Waals surface area contributed by atoms with Crippen LogP contribution in [0.1, 0.15) is 41.7 Å². The molecule has 1 heterocycles. The first-order valence-electron chi connectivity index (χ1n) is 6.59. The molecule has 0 bridgehead atoms. The molecule has 1 amide bonds. The number of nitro benzene ring substituents is 1. The van der Waals surface area contributed by atoms with Crippen molar-refractivity contribution in [2.45, 2.75) is 33.1 Å². The van der Waals surface area contributed by atoms with E-state index >= 15 is 0 Å². The van der Waals surface area contributed by atoms with Crippen LogP contribution in [0.5, 0.6) is 0 Å². The summed E-state index contributed by atoms with van der Waals surface area (Å²) in [6.07, 6.45) is 0. The number of carbonyl (C=O) groups is 1. The highest BCUT2D eigenvalue weighted by Crippen LogP contribution is 2.28. The summed E-state index contributed by atoms with van der Waals surface area (Å²) in [4.78, 5) is 22.7. The molecular weight excluding hydrogens is 304 g/mol. The SMILES string of the molecule is Cc1c(C(=O)Nc2nnc(C(C)(C)C)s2)cccc1[N+](=O)[O-]. The highest BCUT2D eigenvalue weighted by atomic mass is 32.1. The molecule has 7 nitrogen and oxygen atoms in total. The van der Waals surface area contributed by atoms with Crippen LogP contribution in [0.25, 0.3) is 0 Å². The Hall–Kier alpha value is -2.35. The number of aromatic nitrogens is 2. The second-order valence-electron chi connectivity index (χ2n) is 5.82. The minimum Gasteiger partial charge on any atom is -0.296 e. The minimum atomic E-state index is -0.505. The lowest BCUT2D eigenvalue weighted by Crippen LogP contribution is -2.14. The standard InChI is InChI=1S/C14H16N4O3S/c1-8-9(6-5-7-10(8)18(20)21)11(19)15-13-17-16-12(22-13)14(2,3)4/h5-7H,1-4H3,(H,15,17,19). The predicted molar refractivity (Wildman–Crippen MR) is 84.4 cm³/mol. The Morgan fingerprint density at radius 1 is 1.32 bits per heavy atom. The number of rotatable bonds is 3. The van der Waals surface area contributed by atoms with Gasteiger partial charge in [0.2, 0.25) is 5.13 Å². The van der Waals surface area contributed by atoms with Crippen LogP contribution in [0, 0.1) is 17.0 Å². The van der Waals surface area contributed by atoms with Gasteiger partial charge in [0.1, 0.15) is 5.01 Å². The summed E-state index contributed by atoms with van der Waals surface area (Å²) < 4.78 is 0. The van der Waals surface area contributed by atoms with Crippen molar-refractivity contribution < 1.29 is 9.72 Å². The van der Waals surface area contributed by atoms with Crippen LogP contribution in [0.15, 0.2) is 18.2 Å². The molecule has 22 heavy (non-hydrogen) atoms. The van der Waals surface area contributed by atoms with E-state index in [1.807, 2.05) is 20.8 Å². The fourth-order valence-electron chi connectivity index (χ4n) is 1.81. The molecule has 116 valence electrons. The third-order valence-corrected chi connectivity index (χ3v) is 4.30. The zero-order valence-corrected chi connectivity index (χ0v) is 13.5. The lowest BCUT2D eigenvalue weighted by molar-refractivity contribution is -0.385. The van der Waals surface area contributed by atoms with Crippen molar-refractivity contribution in [3.63, 3.8) is 0 Å². The van der Waals surface area contributed by atoms with Gasteiger partial charge in [-0.3, -0.25) is 20.2 Å². The van der Waals surface area contributed by atoms with Gasteiger partial charge < -0.3 is 0 Å². The lowest BCUT2D eigenvalue weighted by Gasteiger charge is -2.12. The van der Waals surface area contributed by atoms with Gasteiger partial charge in [0.25, 0.3) is 11.6 Å². The Labute approximate surface area is 131 Å². The molecule has 0 aliphatic rings. The molecule has 0 aliphatic heterocycles. The van der Waals surface area contributed by atoms with E-state index in [0.717, 1.165) is 5.01 Å². The third kappa shape index (κ3) is 3.28. The summed E-state index contributed by atoms with van der Waals surface area (Å²) in [5.41, 5.74) is 0.342. The van der Waals surface area contributed by atoms with E-state index < -0.39 is 10.8 Å². The first kappa shape index (κ1) is 16.0. The van der Waals surface area contributed by atoms with Crippen LogP contribution in [-0.2, 0) is 5.41 Å². The summed E-state index contributed by atoms with van der Waals surface area (Å²) in [6.45, 7) is 7.56. The van der Waals surface area contributed by atoms with Gasteiger partial charge in [-0.1, -0.05) is 38.2 Å². The molecule has 0 radical (unpaired) electrons. The van der Waals surface area contributed by atoms with Crippen molar-refractivity contribution in [3.05, 3.63) is 44.4 Å². The summed E-state index contributed by atoms with van der Waals surface area (Å²) >= 11 is 1.29. The van der Waals surface area contributed by atoms with Crippen LogP contribution in [0.2, 0.25) is 0 Å². The summed E-state index contributed by atoms with van der Waals surface area (Å²) in [6, 6.07) is 4.40. The molecular formula is C14H16N4O3S. The number of amides is 1. The molecule has 8 heteroatoms. The lowest BCUT2D eigenvalue weighted by atomic mass is 9.98. The zero-order valence-electron chi connectivity index (χ0n) is 12.7. The fraction of sp³-hybridized carbons (Fsp3) is 0.357. The van der Waals surface area contributed by atoms with Gasteiger partial charge in [0, 0.05) is 22.6 Å². The molecule has 0 saturated heterocycles. The minimum absolute atomic E-state index is 0.0831. The Bertz CT molecular complexity index is 734. The van der Waals surface area contributed by atoms with Crippen molar-refractivity contribution >= 4 is 28.1 Å². The smallest absolute Gasteiger partial charge is 0.273 e. The molecule has 1 aromatic carbocycles. The van der Waals surface area contributed by atoms with E-state index in [9.17, 15) is 14.9 Å². The number of hydrogen-bond donors (Lipinski definition) is 1. The maximum absolute atomic E-state index is 12.3. The monoisotopic (exact) mass is 320 g/mol. The van der Waals surface area contributed by atoms with E-state index in [0.29, 0.717) is 10.7 Å². The Balaban J connectivity index is 2.25. The number of hydrogen-bond acceptors (Lipinski definition) is 6. The van der Waals surface area contributed by atoms with Gasteiger partial charge in [-0.25, -0.2) is 0 Å². The molecule has 0 fully saturated rings. The van der Waals surface area contributed by atoms with Crippen molar-refractivity contribution in [2.24, 2.45) is 0 Å². The van der Waals surface area contributed by atoms with E-state index in [4.69, 9.17) is 0 Å². The summed E-state index contributed by atoms with van der Waals surface area (Å²) in [5.74, 6) is -0.433. The Kier molecular flexibility index (Phi) is 4.23. The van der Waals surface area contributed by atoms with Crippen molar-refractivity contribution in [2.75, 3.05) is 5.32 Å². The van der Waals surface area contributed by atoms with Crippen molar-refractivity contribution in [1.82, 2.24) is 10.2 Å². The molecule has 0 unspecified atom stereocenters. The second-order valence-corrected chi connectivity index (χ2v) is 6.80. The van der Waals surface area contributed by atoms with Crippen LogP contribution in [-0.4, -0.2) is 21.0 Å². The number of nitro groups is 1. The van der Waals surface area contributed by atoms with E-state index in [1.165, 1.54) is 23.5 Å². The molecule has 2 aromatic rings. The van der Waals surface area contributed by atoms with Gasteiger partial charge in [-0.05, 0) is 13.0 Å². The van der Waals surface area contributed by atoms with Crippen LogP contribution < -0.4 is 5.32 Å². The molecule has 2 rings (SSSR count). The largest absolute Gasteiger partial charge is 0.296 e. The summed E-state index contributed by atoms with van der Waals surface area (Å²) in [7, 11) is 0. The van der Waals surface area contributed by atoms with E-state index in [1.54, 1.807) is 13.0 Å². The van der Waals surface area contributed by atoms with Crippen LogP contribution in [0.3, 0.4) is 0 Å². The number of nitrogens with one attached hydrogen (secondary N) is 1. The van der Waals surface area contributed by atoms with E-state index in [2.05, 4.69) is 15.5 Å². The highest BCUT2D eigenvalue weighted by Gasteiger charge is 2.22. The Morgan fingerprint density at radius 2 is 2.00 bits per heavy atom. The highest BCUT2D eigenvalue weighted by molar-refractivity contribution is 7.15. The van der Waals surface area contributed by atoms with E-state index in [-0.39, 0.29) is 16.7 Å². The van der Waals surface area contributed by atoms with Crippen molar-refractivity contribution in [1.29, 1.82) is 0 Å². The maximum atomic E-state index is 12.3. The van der Waals surface area contributed by atoms with Gasteiger partial charge >= 0.3 is 0 Å². The average molecular weight is 320 g/mol. The number of anilines is 1. The first-order chi connectivity index (χ1) is 10.2. The normalized spacial score (nSPS) is 11.3. The quantitative estimate of drug-likeness (QED) is 0.691. The maximum Gasteiger partial charge on any atom is 0.273 e. The average Bonchev–Trinajstić information content (AvgIpc) is 2.86. The molecule has 0 aliphatic carbocycles. The predicted octanol–water partition coefficient (Wildman–Crippen LogP) is 3.30. The van der Waals surface area contributed by atoms with Gasteiger partial charge in [0.05, 0.1) is 4.92 Å². The van der Waals surface area contributed by atoms with Gasteiger partial charge in [-0.15, -0.1) is 10.2 Å². The van der Waals surface area contributed by atoms with Crippen LogP contribution in [0.4, 0.5) is 10.8 Å². The number of benzene rings is 1. The first-order valence-corrected chi connectivity index (χ1v) is 7.41. The molecule has 0 saturated carbocycles. The molecule has 0 spiro atoms. The Morgan fingerprint density at radius 3 is 2.55 bits per heavy atom. The molecule has 0 atom stereocenters. The topological polar surface area (TPSA) is 98.0 Å². The van der Waals surface area contributed by atoms with Gasteiger partial charge in [-0.2, -0.15) is 0 Å². The third-order valence-electron chi connectivity index (χ3n) is 3.03. The summed E-state index contributed by atoms with van der Waals surface area (Å²) in [5, 5.41) is 22.7. The van der Waals surface area contributed by atoms with Crippen LogP contribution >= 0.6 is 11.3 Å². The molecule has 1 N–H and O–H groups in total. The fourth-order valence-corrected chi connectivity index (χ4v) is 2.60. The van der Waals surface area contributed by atoms with Crippen molar-refractivity contribution in [3.8, 4) is 0 Å². The molecule has 1 aromatic heterocycles. The zero-order chi connectivity index (χ0) is 16.5. The second kappa shape index (κ2) is 5.80. The number of nitrogens with zero attached hydrogens (tertiary/aromatic N) is 3. The number of carbonyl (C=O) groups excluding carboxylic acids is 1.